The second-order valence-electron chi connectivity index (χ2n) is 5.32. The first-order chi connectivity index (χ1) is 12.9. The van der Waals surface area contributed by atoms with Gasteiger partial charge in [0, 0.05) is 5.75 Å². The zero-order valence-corrected chi connectivity index (χ0v) is 16.6. The number of carbonyl (C=O) groups is 1. The van der Waals surface area contributed by atoms with Crippen LogP contribution in [0.3, 0.4) is 0 Å². The minimum atomic E-state index is -0.532. The average Bonchev–Trinajstić information content (AvgIpc) is 2.66. The Hall–Kier alpha value is -1.86. The van der Waals surface area contributed by atoms with Gasteiger partial charge in [0.1, 0.15) is 5.82 Å². The first-order valence-electron chi connectivity index (χ1n) is 7.59. The van der Waals surface area contributed by atoms with E-state index in [1.54, 1.807) is 30.3 Å². The molecule has 27 heavy (non-hydrogen) atoms. The summed E-state index contributed by atoms with van der Waals surface area (Å²) >= 11 is 19.4. The fourth-order valence-electron chi connectivity index (χ4n) is 2.09. The third kappa shape index (κ3) is 5.11. The maximum atomic E-state index is 13.0. The van der Waals surface area contributed by atoms with E-state index in [0.29, 0.717) is 21.6 Å². The summed E-state index contributed by atoms with van der Waals surface area (Å²) in [6, 6.07) is 11.0. The molecule has 0 atom stereocenters. The van der Waals surface area contributed by atoms with Gasteiger partial charge in [-0.2, -0.15) is 0 Å². The Morgan fingerprint density at radius 2 is 1.81 bits per heavy atom. The number of hydrogen-bond acceptors (Lipinski definition) is 4. The van der Waals surface area contributed by atoms with E-state index < -0.39 is 5.91 Å². The molecule has 3 rings (SSSR count). The van der Waals surface area contributed by atoms with Gasteiger partial charge in [0.2, 0.25) is 0 Å². The van der Waals surface area contributed by atoms with Crippen molar-refractivity contribution in [3.05, 3.63) is 80.8 Å². The summed E-state index contributed by atoms with van der Waals surface area (Å²) in [6.07, 6.45) is 1.36. The first-order valence-corrected chi connectivity index (χ1v) is 9.71. The number of hydrogen-bond donors (Lipinski definition) is 1. The number of nitrogens with one attached hydrogen (secondary N) is 1. The molecule has 0 saturated carbocycles. The van der Waals surface area contributed by atoms with Crippen molar-refractivity contribution in [1.82, 2.24) is 9.97 Å². The molecule has 0 fully saturated rings. The molecule has 0 aliphatic rings. The summed E-state index contributed by atoms with van der Waals surface area (Å²) in [7, 11) is 0. The molecule has 0 aliphatic heterocycles. The Morgan fingerprint density at radius 3 is 2.56 bits per heavy atom. The Kier molecular flexibility index (Phi) is 6.55. The van der Waals surface area contributed by atoms with Crippen LogP contribution in [0.5, 0.6) is 0 Å². The highest BCUT2D eigenvalue weighted by Crippen LogP contribution is 2.30. The molecule has 1 amide bonds. The van der Waals surface area contributed by atoms with Crippen LogP contribution in [0, 0.1) is 5.82 Å². The summed E-state index contributed by atoms with van der Waals surface area (Å²) < 4.78 is 13.0. The molecular formula is C18H11Cl3FN3OS. The molecule has 0 spiro atoms. The van der Waals surface area contributed by atoms with Gasteiger partial charge in [-0.05, 0) is 29.8 Å². The molecule has 0 bridgehead atoms. The molecule has 9 heteroatoms. The van der Waals surface area contributed by atoms with E-state index in [4.69, 9.17) is 34.8 Å². The maximum Gasteiger partial charge on any atom is 0.276 e. The molecule has 1 heterocycles. The molecule has 0 unspecified atom stereocenters. The Morgan fingerprint density at radius 1 is 1.07 bits per heavy atom. The van der Waals surface area contributed by atoms with Crippen molar-refractivity contribution in [2.75, 3.05) is 5.32 Å². The summed E-state index contributed by atoms with van der Waals surface area (Å²) in [5.74, 6) is -0.316. The zero-order chi connectivity index (χ0) is 19.4. The monoisotopic (exact) mass is 441 g/mol. The average molecular weight is 443 g/mol. The van der Waals surface area contributed by atoms with Crippen LogP contribution >= 0.6 is 46.6 Å². The van der Waals surface area contributed by atoms with E-state index >= 15 is 0 Å². The molecule has 2 aromatic carbocycles. The Balaban J connectivity index is 1.75. The van der Waals surface area contributed by atoms with Crippen molar-refractivity contribution in [1.29, 1.82) is 0 Å². The number of nitrogens with zero attached hydrogens (tertiary/aromatic N) is 2. The molecule has 0 saturated heterocycles. The highest BCUT2D eigenvalue weighted by atomic mass is 35.5. The van der Waals surface area contributed by atoms with Gasteiger partial charge in [-0.15, -0.1) is 0 Å². The van der Waals surface area contributed by atoms with Crippen LogP contribution in [0.15, 0.2) is 53.8 Å². The molecule has 4 nitrogen and oxygen atoms in total. The van der Waals surface area contributed by atoms with Crippen molar-refractivity contribution in [3.8, 4) is 0 Å². The van der Waals surface area contributed by atoms with Gasteiger partial charge in [0.15, 0.2) is 10.9 Å². The predicted molar refractivity (Wildman–Crippen MR) is 107 cm³/mol. The smallest absolute Gasteiger partial charge is 0.276 e. The number of benzene rings is 2. The molecule has 138 valence electrons. The van der Waals surface area contributed by atoms with Crippen LogP contribution < -0.4 is 5.32 Å². The summed E-state index contributed by atoms with van der Waals surface area (Å²) in [6.45, 7) is 0. The molecule has 0 aliphatic carbocycles. The SMILES string of the molecule is O=C(Nc1cccc(Cl)c1Cl)c1nc(SCc2ccc(F)cc2)ncc1Cl. The number of thioether (sulfide) groups is 1. The van der Waals surface area contributed by atoms with Gasteiger partial charge in [0.05, 0.1) is 27.0 Å². The maximum absolute atomic E-state index is 13.0. The number of aromatic nitrogens is 2. The van der Waals surface area contributed by atoms with E-state index in [0.717, 1.165) is 5.56 Å². The predicted octanol–water partition coefficient (Wildman–Crippen LogP) is 6.12. The van der Waals surface area contributed by atoms with Gasteiger partial charge in [0.25, 0.3) is 5.91 Å². The van der Waals surface area contributed by atoms with Crippen molar-refractivity contribution < 1.29 is 9.18 Å². The highest BCUT2D eigenvalue weighted by molar-refractivity contribution is 7.98. The lowest BCUT2D eigenvalue weighted by Crippen LogP contribution is -2.15. The van der Waals surface area contributed by atoms with Gasteiger partial charge in [-0.1, -0.05) is 64.8 Å². The van der Waals surface area contributed by atoms with Crippen LogP contribution in [0.4, 0.5) is 10.1 Å². The van der Waals surface area contributed by atoms with E-state index in [2.05, 4.69) is 15.3 Å². The Bertz CT molecular complexity index is 986. The molecule has 3 aromatic rings. The third-order valence-corrected chi connectivity index (χ3v) is 5.45. The van der Waals surface area contributed by atoms with E-state index in [9.17, 15) is 9.18 Å². The van der Waals surface area contributed by atoms with E-state index in [1.807, 2.05) is 0 Å². The second kappa shape index (κ2) is 8.89. The lowest BCUT2D eigenvalue weighted by Gasteiger charge is -2.09. The fraction of sp³-hybridized carbons (Fsp3) is 0.0556. The summed E-state index contributed by atoms with van der Waals surface area (Å²) in [5.41, 5.74) is 1.27. The van der Waals surface area contributed by atoms with Crippen molar-refractivity contribution >= 4 is 58.2 Å². The van der Waals surface area contributed by atoms with Crippen molar-refractivity contribution in [2.24, 2.45) is 0 Å². The summed E-state index contributed by atoms with van der Waals surface area (Å²) in [4.78, 5) is 20.8. The highest BCUT2D eigenvalue weighted by Gasteiger charge is 2.16. The van der Waals surface area contributed by atoms with Crippen molar-refractivity contribution in [2.45, 2.75) is 10.9 Å². The molecule has 1 N–H and O–H groups in total. The molecular weight excluding hydrogens is 432 g/mol. The first kappa shape index (κ1) is 19.9. The minimum absolute atomic E-state index is 0.0179. The van der Waals surface area contributed by atoms with Gasteiger partial charge >= 0.3 is 0 Å². The van der Waals surface area contributed by atoms with Crippen molar-refractivity contribution in [3.63, 3.8) is 0 Å². The van der Waals surface area contributed by atoms with Crippen LogP contribution in [0.2, 0.25) is 15.1 Å². The number of anilines is 1. The lowest BCUT2D eigenvalue weighted by atomic mass is 10.2. The largest absolute Gasteiger partial charge is 0.319 e. The molecule has 0 radical (unpaired) electrons. The number of amides is 1. The second-order valence-corrected chi connectivity index (χ2v) is 7.45. The minimum Gasteiger partial charge on any atom is -0.319 e. The van der Waals surface area contributed by atoms with Gasteiger partial charge in [-0.3, -0.25) is 4.79 Å². The number of carbonyl (C=O) groups excluding carboxylic acids is 1. The Labute approximate surface area is 174 Å². The number of halogens is 4. The van der Waals surface area contributed by atoms with Gasteiger partial charge in [-0.25, -0.2) is 14.4 Å². The van der Waals surface area contributed by atoms with Crippen LogP contribution in [0.1, 0.15) is 16.1 Å². The van der Waals surface area contributed by atoms with Crippen LogP contribution in [-0.4, -0.2) is 15.9 Å². The van der Waals surface area contributed by atoms with Crippen LogP contribution in [0.25, 0.3) is 0 Å². The zero-order valence-electron chi connectivity index (χ0n) is 13.5. The third-order valence-electron chi connectivity index (χ3n) is 3.42. The van der Waals surface area contributed by atoms with Gasteiger partial charge < -0.3 is 5.32 Å². The van der Waals surface area contributed by atoms with E-state index in [1.165, 1.54) is 30.1 Å². The van der Waals surface area contributed by atoms with E-state index in [-0.39, 0.29) is 21.6 Å². The topological polar surface area (TPSA) is 54.9 Å². The normalized spacial score (nSPS) is 10.7. The fourth-order valence-corrected chi connectivity index (χ4v) is 3.39. The lowest BCUT2D eigenvalue weighted by molar-refractivity contribution is 0.102. The van der Waals surface area contributed by atoms with Crippen LogP contribution in [-0.2, 0) is 5.75 Å². The molecule has 1 aromatic heterocycles. The standard InChI is InChI=1S/C18H11Cl3FN3OS/c19-12-2-1-3-14(15(12)21)24-17(26)16-13(20)8-23-18(25-16)27-9-10-4-6-11(22)7-5-10/h1-8H,9H2,(H,24,26). The summed E-state index contributed by atoms with van der Waals surface area (Å²) in [5, 5.41) is 3.65. The number of rotatable bonds is 5. The quantitative estimate of drug-likeness (QED) is 0.382.